The Balaban J connectivity index is 2.29. The van der Waals surface area contributed by atoms with Gasteiger partial charge in [0.2, 0.25) is 0 Å². The van der Waals surface area contributed by atoms with E-state index < -0.39 is 0 Å². The normalized spacial score (nSPS) is 19.5. The third-order valence-corrected chi connectivity index (χ3v) is 3.63. The summed E-state index contributed by atoms with van der Waals surface area (Å²) >= 11 is 1.68. The van der Waals surface area contributed by atoms with Crippen molar-refractivity contribution >= 4 is 16.9 Å². The molecule has 0 saturated heterocycles. The molecule has 0 saturated carbocycles. The molecule has 1 N–H and O–H groups in total. The maximum absolute atomic E-state index is 4.49. The smallest absolute Gasteiger partial charge is 0.156 e. The van der Waals surface area contributed by atoms with Crippen LogP contribution in [0.15, 0.2) is 17.1 Å². The highest BCUT2D eigenvalue weighted by Crippen LogP contribution is 2.27. The van der Waals surface area contributed by atoms with Gasteiger partial charge in [-0.25, -0.2) is 0 Å². The molecule has 16 heavy (non-hydrogen) atoms. The summed E-state index contributed by atoms with van der Waals surface area (Å²) in [5.41, 5.74) is 5.49. The fraction of sp³-hybridized carbons (Fsp3) is 0.462. The largest absolute Gasteiger partial charge is 0.356 e. The molecule has 0 amide bonds. The summed E-state index contributed by atoms with van der Waals surface area (Å²) in [4.78, 5) is 4.49. The maximum atomic E-state index is 4.49. The van der Waals surface area contributed by atoms with Crippen LogP contribution in [0, 0.1) is 20.8 Å². The molecule has 0 radical (unpaired) electrons. The Hall–Kier alpha value is -0.960. The first-order valence-corrected chi connectivity index (χ1v) is 6.77. The number of thioether (sulfide) groups is 1. The SMILES string of the molecule is CSC1=NCC(c2c(C)cc(C)cc2C)N1. The molecular formula is C13H18N2S. The lowest BCUT2D eigenvalue weighted by molar-refractivity contribution is 0.701. The third kappa shape index (κ3) is 2.09. The van der Waals surface area contributed by atoms with Gasteiger partial charge in [0.15, 0.2) is 5.17 Å². The molecule has 1 aliphatic rings. The quantitative estimate of drug-likeness (QED) is 0.808. The van der Waals surface area contributed by atoms with Gasteiger partial charge in [0.25, 0.3) is 0 Å². The van der Waals surface area contributed by atoms with Crippen LogP contribution in [-0.4, -0.2) is 18.0 Å². The van der Waals surface area contributed by atoms with E-state index in [-0.39, 0.29) is 0 Å². The Morgan fingerprint density at radius 2 is 1.88 bits per heavy atom. The first-order chi connectivity index (χ1) is 7.61. The molecule has 1 unspecified atom stereocenters. The number of amidine groups is 1. The number of nitrogens with one attached hydrogen (secondary N) is 1. The zero-order valence-corrected chi connectivity index (χ0v) is 11.1. The van der Waals surface area contributed by atoms with Crippen LogP contribution in [0.2, 0.25) is 0 Å². The second-order valence-electron chi connectivity index (χ2n) is 4.36. The van der Waals surface area contributed by atoms with Crippen LogP contribution >= 0.6 is 11.8 Å². The summed E-state index contributed by atoms with van der Waals surface area (Å²) in [6.45, 7) is 7.39. The van der Waals surface area contributed by atoms with E-state index in [1.54, 1.807) is 11.8 Å². The lowest BCUT2D eigenvalue weighted by Gasteiger charge is -2.18. The van der Waals surface area contributed by atoms with Crippen molar-refractivity contribution in [3.8, 4) is 0 Å². The summed E-state index contributed by atoms with van der Waals surface area (Å²) in [5.74, 6) is 0. The number of hydrogen-bond acceptors (Lipinski definition) is 3. The molecule has 0 aliphatic carbocycles. The van der Waals surface area contributed by atoms with Crippen LogP contribution in [0.1, 0.15) is 28.3 Å². The van der Waals surface area contributed by atoms with E-state index in [4.69, 9.17) is 0 Å². The summed E-state index contributed by atoms with van der Waals surface area (Å²) < 4.78 is 0. The van der Waals surface area contributed by atoms with Gasteiger partial charge < -0.3 is 5.32 Å². The van der Waals surface area contributed by atoms with Gasteiger partial charge in [0.05, 0.1) is 12.6 Å². The van der Waals surface area contributed by atoms with Crippen molar-refractivity contribution in [1.29, 1.82) is 0 Å². The fourth-order valence-electron chi connectivity index (χ4n) is 2.44. The Labute approximate surface area is 102 Å². The molecule has 1 atom stereocenters. The molecule has 1 aliphatic heterocycles. The highest BCUT2D eigenvalue weighted by atomic mass is 32.2. The number of nitrogens with zero attached hydrogens (tertiary/aromatic N) is 1. The van der Waals surface area contributed by atoms with Crippen molar-refractivity contribution in [2.24, 2.45) is 4.99 Å². The van der Waals surface area contributed by atoms with Gasteiger partial charge in [-0.05, 0) is 43.7 Å². The van der Waals surface area contributed by atoms with Crippen molar-refractivity contribution in [2.75, 3.05) is 12.8 Å². The van der Waals surface area contributed by atoms with Crippen molar-refractivity contribution < 1.29 is 0 Å². The van der Waals surface area contributed by atoms with E-state index in [0.29, 0.717) is 6.04 Å². The van der Waals surface area contributed by atoms with Crippen LogP contribution in [0.5, 0.6) is 0 Å². The van der Waals surface area contributed by atoms with Crippen LogP contribution in [0.3, 0.4) is 0 Å². The molecule has 1 heterocycles. The average Bonchev–Trinajstić information content (AvgIpc) is 2.64. The molecule has 0 spiro atoms. The molecule has 0 bridgehead atoms. The fourth-order valence-corrected chi connectivity index (χ4v) is 2.91. The summed E-state index contributed by atoms with van der Waals surface area (Å²) in [6, 6.07) is 4.87. The van der Waals surface area contributed by atoms with E-state index >= 15 is 0 Å². The highest BCUT2D eigenvalue weighted by Gasteiger charge is 2.21. The molecule has 1 aromatic rings. The van der Waals surface area contributed by atoms with Crippen LogP contribution in [-0.2, 0) is 0 Å². The highest BCUT2D eigenvalue weighted by molar-refractivity contribution is 8.13. The van der Waals surface area contributed by atoms with Crippen molar-refractivity contribution in [2.45, 2.75) is 26.8 Å². The molecule has 2 nitrogen and oxygen atoms in total. The third-order valence-electron chi connectivity index (χ3n) is 3.00. The van der Waals surface area contributed by atoms with Crippen LogP contribution < -0.4 is 5.32 Å². The van der Waals surface area contributed by atoms with E-state index in [1.807, 2.05) is 0 Å². The van der Waals surface area contributed by atoms with Gasteiger partial charge in [-0.2, -0.15) is 0 Å². The Morgan fingerprint density at radius 3 is 2.38 bits per heavy atom. The maximum Gasteiger partial charge on any atom is 0.156 e. The lowest BCUT2D eigenvalue weighted by atomic mass is 9.94. The van der Waals surface area contributed by atoms with E-state index in [0.717, 1.165) is 11.7 Å². The summed E-state index contributed by atoms with van der Waals surface area (Å²) in [6.07, 6.45) is 2.06. The minimum atomic E-state index is 0.364. The van der Waals surface area contributed by atoms with Crippen molar-refractivity contribution in [1.82, 2.24) is 5.32 Å². The zero-order chi connectivity index (χ0) is 11.7. The molecule has 1 aromatic carbocycles. The van der Waals surface area contributed by atoms with Crippen LogP contribution in [0.25, 0.3) is 0 Å². The topological polar surface area (TPSA) is 24.4 Å². The molecular weight excluding hydrogens is 216 g/mol. The van der Waals surface area contributed by atoms with E-state index in [1.165, 1.54) is 22.3 Å². The number of aliphatic imine (C=N–C) groups is 1. The number of aryl methyl sites for hydroxylation is 3. The number of hydrogen-bond donors (Lipinski definition) is 1. The van der Waals surface area contributed by atoms with Gasteiger partial charge in [0.1, 0.15) is 0 Å². The summed E-state index contributed by atoms with van der Waals surface area (Å²) in [5, 5.41) is 4.53. The zero-order valence-electron chi connectivity index (χ0n) is 10.3. The van der Waals surface area contributed by atoms with Gasteiger partial charge in [-0.1, -0.05) is 29.5 Å². The number of rotatable bonds is 1. The average molecular weight is 234 g/mol. The molecule has 86 valence electrons. The first kappa shape index (κ1) is 11.5. The molecule has 0 fully saturated rings. The Morgan fingerprint density at radius 1 is 1.25 bits per heavy atom. The summed E-state index contributed by atoms with van der Waals surface area (Å²) in [7, 11) is 0. The Bertz CT molecular complexity index is 415. The van der Waals surface area contributed by atoms with Gasteiger partial charge >= 0.3 is 0 Å². The molecule has 0 aromatic heterocycles. The van der Waals surface area contributed by atoms with Gasteiger partial charge in [-0.3, -0.25) is 4.99 Å². The standard InChI is InChI=1S/C13H18N2S/c1-8-5-9(2)12(10(3)6-8)11-7-14-13(15-11)16-4/h5-6,11H,7H2,1-4H3,(H,14,15). The first-order valence-electron chi connectivity index (χ1n) is 5.54. The van der Waals surface area contributed by atoms with E-state index in [9.17, 15) is 0 Å². The molecule has 2 rings (SSSR count). The van der Waals surface area contributed by atoms with Crippen LogP contribution in [0.4, 0.5) is 0 Å². The van der Waals surface area contributed by atoms with E-state index in [2.05, 4.69) is 49.5 Å². The molecule has 3 heteroatoms. The lowest BCUT2D eigenvalue weighted by Crippen LogP contribution is -2.22. The monoisotopic (exact) mass is 234 g/mol. The minimum Gasteiger partial charge on any atom is -0.356 e. The van der Waals surface area contributed by atoms with Crippen molar-refractivity contribution in [3.05, 3.63) is 34.4 Å². The predicted molar refractivity (Wildman–Crippen MR) is 72.3 cm³/mol. The minimum absolute atomic E-state index is 0.364. The second kappa shape index (κ2) is 4.50. The van der Waals surface area contributed by atoms with Gasteiger partial charge in [-0.15, -0.1) is 0 Å². The predicted octanol–water partition coefficient (Wildman–Crippen LogP) is 2.98. The number of benzene rings is 1. The van der Waals surface area contributed by atoms with Crippen molar-refractivity contribution in [3.63, 3.8) is 0 Å². The van der Waals surface area contributed by atoms with Gasteiger partial charge in [0, 0.05) is 0 Å². The Kier molecular flexibility index (Phi) is 3.24. The second-order valence-corrected chi connectivity index (χ2v) is 5.15.